The molecule has 0 saturated carbocycles. The van der Waals surface area contributed by atoms with Crippen LogP contribution in [0.3, 0.4) is 0 Å². The van der Waals surface area contributed by atoms with Gasteiger partial charge in [-0.2, -0.15) is 0 Å². The van der Waals surface area contributed by atoms with Crippen LogP contribution in [0.5, 0.6) is 0 Å². The van der Waals surface area contributed by atoms with Crippen molar-refractivity contribution in [2.24, 2.45) is 10.9 Å². The number of allylic oxidation sites excluding steroid dienone is 7. The van der Waals surface area contributed by atoms with Gasteiger partial charge in [-0.25, -0.2) is 0 Å². The Kier molecular flexibility index (Phi) is 7.77. The molecule has 4 heteroatoms. The minimum Gasteiger partial charge on any atom is -0.333 e. The molecule has 55 heavy (non-hydrogen) atoms. The summed E-state index contributed by atoms with van der Waals surface area (Å²) in [5.74, 6) is 0.480. The van der Waals surface area contributed by atoms with Gasteiger partial charge in [-0.1, -0.05) is 109 Å². The fraction of sp³-hybridized carbons (Fsp3) is 0.118. The second-order valence-corrected chi connectivity index (χ2v) is 16.1. The van der Waals surface area contributed by atoms with E-state index in [9.17, 15) is 0 Å². The number of thiophene rings is 1. The molecule has 264 valence electrons. The molecular weight excluding hydrogens is 687 g/mol. The molecule has 0 amide bonds. The average molecular weight is 726 g/mol. The quantitative estimate of drug-likeness (QED) is 0.167. The summed E-state index contributed by atoms with van der Waals surface area (Å²) in [4.78, 5) is 7.03. The lowest BCUT2D eigenvalue weighted by Crippen LogP contribution is -2.36. The molecule has 2 atom stereocenters. The normalized spacial score (nSPS) is 18.2. The fourth-order valence-corrected chi connectivity index (χ4v) is 10.1. The second-order valence-electron chi connectivity index (χ2n) is 15.0. The van der Waals surface area contributed by atoms with E-state index in [-0.39, 0.29) is 6.04 Å². The third-order valence-corrected chi connectivity index (χ3v) is 12.9. The first-order valence-corrected chi connectivity index (χ1v) is 20.3. The first-order chi connectivity index (χ1) is 27.2. The summed E-state index contributed by atoms with van der Waals surface area (Å²) in [7, 11) is 0. The van der Waals surface area contributed by atoms with Gasteiger partial charge >= 0.3 is 0 Å². The summed E-state index contributed by atoms with van der Waals surface area (Å²) in [5.41, 5.74) is 10.0. The number of hydrogen-bond acceptors (Lipinski definition) is 3. The Morgan fingerprint density at radius 3 is 2.31 bits per heavy atom. The molecule has 3 nitrogen and oxygen atoms in total. The molecule has 11 rings (SSSR count). The number of hydrogen-bond donors (Lipinski definition) is 0. The minimum absolute atomic E-state index is 0.167. The van der Waals surface area contributed by atoms with Crippen molar-refractivity contribution >= 4 is 76.0 Å². The molecule has 0 fully saturated rings. The van der Waals surface area contributed by atoms with Gasteiger partial charge in [0.25, 0.3) is 0 Å². The van der Waals surface area contributed by atoms with Gasteiger partial charge in [0.1, 0.15) is 0 Å². The van der Waals surface area contributed by atoms with Crippen molar-refractivity contribution < 1.29 is 0 Å². The van der Waals surface area contributed by atoms with E-state index in [1.54, 1.807) is 0 Å². The molecule has 0 saturated heterocycles. The third kappa shape index (κ3) is 5.59. The van der Waals surface area contributed by atoms with Crippen molar-refractivity contribution in [3.63, 3.8) is 0 Å². The Bertz CT molecular complexity index is 3000. The summed E-state index contributed by atoms with van der Waals surface area (Å²) >= 11 is 1.87. The smallest absolute Gasteiger partial charge is 0.0728 e. The van der Waals surface area contributed by atoms with Crippen molar-refractivity contribution in [1.29, 1.82) is 0 Å². The molecule has 0 spiro atoms. The van der Waals surface area contributed by atoms with Gasteiger partial charge in [-0.15, -0.1) is 11.3 Å². The number of benzene rings is 6. The van der Waals surface area contributed by atoms with Crippen LogP contribution < -0.4 is 4.90 Å². The zero-order valence-corrected chi connectivity index (χ0v) is 31.3. The lowest BCUT2D eigenvalue weighted by molar-refractivity contribution is 0.697. The number of rotatable bonds is 6. The standard InChI is InChI=1S/C51H39N3S/c1-2-9-34(10-3-1)35-16-21-40(22-17-35)53(43-13-8-28-52-33-43)41-23-18-36(19-24-41)39-20-26-44-46-29-37-11-4-5-12-38(37)30-49(46)54(48(44)31-39)42-25-27-51-47(32-42)45-14-6-7-15-50(45)55-51/h1-2,4-9,11-12,14-16,18-33,35,43H,3,10,13,17H2. The summed E-state index contributed by atoms with van der Waals surface area (Å²) in [5, 5.41) is 7.68. The lowest BCUT2D eigenvalue weighted by Gasteiger charge is -2.34. The number of aliphatic imine (C=N–C) groups is 1. The van der Waals surface area contributed by atoms with E-state index in [2.05, 4.69) is 185 Å². The van der Waals surface area contributed by atoms with E-state index in [1.807, 2.05) is 17.5 Å². The number of aromatic nitrogens is 1. The molecule has 2 unspecified atom stereocenters. The number of nitrogens with zero attached hydrogens (tertiary/aromatic N) is 3. The monoisotopic (exact) mass is 725 g/mol. The van der Waals surface area contributed by atoms with E-state index in [4.69, 9.17) is 0 Å². The first kappa shape index (κ1) is 32.2. The molecular formula is C51H39N3S. The molecule has 3 aliphatic rings. The van der Waals surface area contributed by atoms with Crippen LogP contribution in [-0.2, 0) is 0 Å². The highest BCUT2D eigenvalue weighted by Gasteiger charge is 2.24. The molecule has 0 bridgehead atoms. The molecule has 6 aromatic carbocycles. The molecule has 2 aromatic heterocycles. The van der Waals surface area contributed by atoms with Gasteiger partial charge in [-0.3, -0.25) is 4.99 Å². The highest BCUT2D eigenvalue weighted by atomic mass is 32.1. The maximum atomic E-state index is 4.56. The molecule has 0 N–H and O–H groups in total. The van der Waals surface area contributed by atoms with Gasteiger partial charge in [0.15, 0.2) is 0 Å². The summed E-state index contributed by atoms with van der Waals surface area (Å²) in [6.45, 7) is 0. The second kappa shape index (κ2) is 13.3. The van der Waals surface area contributed by atoms with E-state index in [0.29, 0.717) is 5.92 Å². The van der Waals surface area contributed by atoms with Crippen LogP contribution >= 0.6 is 11.3 Å². The fourth-order valence-electron chi connectivity index (χ4n) is 9.00. The van der Waals surface area contributed by atoms with Crippen molar-refractivity contribution in [2.75, 3.05) is 4.90 Å². The zero-order chi connectivity index (χ0) is 36.3. The van der Waals surface area contributed by atoms with Crippen molar-refractivity contribution in [3.8, 4) is 16.8 Å². The van der Waals surface area contributed by atoms with E-state index >= 15 is 0 Å². The Balaban J connectivity index is 1.01. The van der Waals surface area contributed by atoms with E-state index in [0.717, 1.165) is 25.7 Å². The van der Waals surface area contributed by atoms with Gasteiger partial charge in [0.2, 0.25) is 0 Å². The highest BCUT2D eigenvalue weighted by molar-refractivity contribution is 7.25. The summed E-state index contributed by atoms with van der Waals surface area (Å²) in [6, 6.07) is 45.6. The Morgan fingerprint density at radius 2 is 1.49 bits per heavy atom. The van der Waals surface area contributed by atoms with E-state index in [1.165, 1.54) is 86.5 Å². The lowest BCUT2D eigenvalue weighted by atomic mass is 9.86. The first-order valence-electron chi connectivity index (χ1n) is 19.5. The average Bonchev–Trinajstić information content (AvgIpc) is 3.78. The van der Waals surface area contributed by atoms with Crippen molar-refractivity contribution in [2.45, 2.75) is 31.7 Å². The number of fused-ring (bicyclic) bond motifs is 7. The molecule has 2 aliphatic carbocycles. The Labute approximate surface area is 324 Å². The Hall–Kier alpha value is -6.23. The van der Waals surface area contributed by atoms with Crippen LogP contribution in [0.2, 0.25) is 0 Å². The van der Waals surface area contributed by atoms with E-state index < -0.39 is 0 Å². The van der Waals surface area contributed by atoms with Crippen LogP contribution in [-0.4, -0.2) is 16.8 Å². The largest absolute Gasteiger partial charge is 0.333 e. The molecule has 1 aliphatic heterocycles. The SMILES string of the molecule is C1=CCCC(C2C=CC(N(c3ccc(-c4ccc5c6cc7ccccc7cc6n(-c6ccc7sc8ccccc8c7c6)c5c4)cc3)C3C=NC=CC3)=CC2)=C1. The predicted molar refractivity (Wildman–Crippen MR) is 237 cm³/mol. The van der Waals surface area contributed by atoms with Gasteiger partial charge in [-0.05, 0) is 108 Å². The van der Waals surface area contributed by atoms with Crippen molar-refractivity contribution in [3.05, 3.63) is 181 Å². The van der Waals surface area contributed by atoms with Crippen LogP contribution in [0.1, 0.15) is 25.7 Å². The minimum atomic E-state index is 0.167. The van der Waals surface area contributed by atoms with Gasteiger partial charge in [0.05, 0.1) is 17.1 Å². The third-order valence-electron chi connectivity index (χ3n) is 11.8. The maximum absolute atomic E-state index is 4.56. The molecule has 8 aromatic rings. The zero-order valence-electron chi connectivity index (χ0n) is 30.5. The van der Waals surface area contributed by atoms with Crippen LogP contribution in [0.25, 0.3) is 69.6 Å². The summed E-state index contributed by atoms with van der Waals surface area (Å²) < 4.78 is 5.13. The number of anilines is 1. The van der Waals surface area contributed by atoms with Gasteiger partial charge in [0, 0.05) is 66.3 Å². The topological polar surface area (TPSA) is 20.5 Å². The van der Waals surface area contributed by atoms with Crippen LogP contribution in [0.4, 0.5) is 5.69 Å². The molecule has 3 heterocycles. The van der Waals surface area contributed by atoms with Gasteiger partial charge < -0.3 is 9.47 Å². The van der Waals surface area contributed by atoms with Crippen molar-refractivity contribution in [1.82, 2.24) is 4.57 Å². The highest BCUT2D eigenvalue weighted by Crippen LogP contribution is 2.41. The summed E-state index contributed by atoms with van der Waals surface area (Å²) in [6.07, 6.45) is 24.4. The van der Waals surface area contributed by atoms with Crippen LogP contribution in [0, 0.1) is 5.92 Å². The van der Waals surface area contributed by atoms with Crippen LogP contribution in [0.15, 0.2) is 186 Å². The predicted octanol–water partition coefficient (Wildman–Crippen LogP) is 13.9. The maximum Gasteiger partial charge on any atom is 0.0728 e. The Morgan fingerprint density at radius 1 is 0.673 bits per heavy atom. The molecule has 0 radical (unpaired) electrons.